The fourth-order valence-corrected chi connectivity index (χ4v) is 5.57. The van der Waals surface area contributed by atoms with Crippen LogP contribution in [0.3, 0.4) is 0 Å². The quantitative estimate of drug-likeness (QED) is 0.330. The number of carbonyl (C=O) groups is 2. The van der Waals surface area contributed by atoms with E-state index in [0.29, 0.717) is 55.3 Å². The zero-order chi connectivity index (χ0) is 27.4. The first-order chi connectivity index (χ1) is 18.9. The van der Waals surface area contributed by atoms with Crippen LogP contribution in [0.5, 0.6) is 0 Å². The van der Waals surface area contributed by atoms with E-state index in [1.807, 2.05) is 30.0 Å². The van der Waals surface area contributed by atoms with E-state index in [-0.39, 0.29) is 30.5 Å². The van der Waals surface area contributed by atoms with E-state index in [9.17, 15) is 14.4 Å². The molecule has 0 saturated carbocycles. The van der Waals surface area contributed by atoms with Gasteiger partial charge in [-0.1, -0.05) is 37.3 Å². The van der Waals surface area contributed by atoms with Crippen LogP contribution < -0.4 is 10.5 Å². The lowest BCUT2D eigenvalue weighted by Gasteiger charge is -2.53. The van der Waals surface area contributed by atoms with Crippen molar-refractivity contribution in [3.63, 3.8) is 0 Å². The van der Waals surface area contributed by atoms with E-state index < -0.39 is 11.7 Å². The van der Waals surface area contributed by atoms with Gasteiger partial charge in [0.15, 0.2) is 5.78 Å². The zero-order valence-corrected chi connectivity index (χ0v) is 22.2. The highest BCUT2D eigenvalue weighted by Crippen LogP contribution is 2.42. The molecule has 1 saturated heterocycles. The van der Waals surface area contributed by atoms with Crippen molar-refractivity contribution in [2.75, 3.05) is 24.6 Å². The number of ether oxygens (including phenoxy) is 1. The Bertz CT molecular complexity index is 1380. The van der Waals surface area contributed by atoms with Gasteiger partial charge in [-0.2, -0.15) is 0 Å². The Morgan fingerprint density at radius 1 is 1.08 bits per heavy atom. The average Bonchev–Trinajstić information content (AvgIpc) is 2.96. The molecule has 2 aliphatic rings. The number of aromatic nitrogens is 4. The predicted molar refractivity (Wildman–Crippen MR) is 143 cm³/mol. The van der Waals surface area contributed by atoms with Crippen molar-refractivity contribution < 1.29 is 19.2 Å². The summed E-state index contributed by atoms with van der Waals surface area (Å²) in [6.07, 6.45) is 4.90. The van der Waals surface area contributed by atoms with Crippen LogP contribution >= 0.6 is 0 Å². The maximum absolute atomic E-state index is 13.5. The Morgan fingerprint density at radius 3 is 2.59 bits per heavy atom. The van der Waals surface area contributed by atoms with E-state index in [0.717, 1.165) is 6.42 Å². The van der Waals surface area contributed by atoms with E-state index in [2.05, 4.69) is 9.97 Å². The fraction of sp³-hybridized carbons (Fsp3) is 0.429. The molecule has 0 amide bonds. The second kappa shape index (κ2) is 11.3. The molecule has 1 aromatic carbocycles. The first-order valence-electron chi connectivity index (χ1n) is 13.3. The van der Waals surface area contributed by atoms with Gasteiger partial charge in [0, 0.05) is 42.5 Å². The van der Waals surface area contributed by atoms with Crippen LogP contribution in [0.2, 0.25) is 0 Å². The van der Waals surface area contributed by atoms with Gasteiger partial charge in [0.1, 0.15) is 6.33 Å². The molecule has 3 aromatic rings. The molecule has 5 rings (SSSR count). The summed E-state index contributed by atoms with van der Waals surface area (Å²) in [6.45, 7) is 4.99. The fourth-order valence-electron chi connectivity index (χ4n) is 5.57. The zero-order valence-electron chi connectivity index (χ0n) is 22.2. The summed E-state index contributed by atoms with van der Waals surface area (Å²) in [5.41, 5.74) is 0.884. The highest BCUT2D eigenvalue weighted by atomic mass is 16.8. The topological polar surface area (TPSA) is 120 Å². The molecule has 2 aromatic heterocycles. The molecule has 0 aliphatic carbocycles. The van der Waals surface area contributed by atoms with Crippen LogP contribution in [0, 0.1) is 0 Å². The molecular weight excluding hydrogens is 500 g/mol. The van der Waals surface area contributed by atoms with Crippen molar-refractivity contribution in [3.05, 3.63) is 70.9 Å². The number of ketones is 1. The molecule has 204 valence electrons. The Kier molecular flexibility index (Phi) is 7.69. The number of anilines is 1. The van der Waals surface area contributed by atoms with Crippen molar-refractivity contribution in [1.82, 2.24) is 24.6 Å². The minimum Gasteiger partial charge on any atom is -0.433 e. The second-order valence-corrected chi connectivity index (χ2v) is 9.81. The van der Waals surface area contributed by atoms with Gasteiger partial charge >= 0.3 is 6.16 Å². The van der Waals surface area contributed by atoms with Gasteiger partial charge in [0.2, 0.25) is 5.95 Å². The maximum atomic E-state index is 13.5. The van der Waals surface area contributed by atoms with Crippen molar-refractivity contribution >= 4 is 17.9 Å². The number of nitrogens with zero attached hydrogens (tertiary/aromatic N) is 6. The van der Waals surface area contributed by atoms with Crippen molar-refractivity contribution in [1.29, 1.82) is 0 Å². The van der Waals surface area contributed by atoms with Crippen molar-refractivity contribution in [3.8, 4) is 11.4 Å². The van der Waals surface area contributed by atoms with Gasteiger partial charge < -0.3 is 14.5 Å². The van der Waals surface area contributed by atoms with E-state index >= 15 is 0 Å². The second-order valence-electron chi connectivity index (χ2n) is 9.81. The first kappa shape index (κ1) is 26.5. The van der Waals surface area contributed by atoms with E-state index in [1.165, 1.54) is 12.4 Å². The van der Waals surface area contributed by atoms with E-state index in [1.54, 1.807) is 40.9 Å². The van der Waals surface area contributed by atoms with Crippen LogP contribution in [-0.4, -0.2) is 67.8 Å². The molecule has 1 fully saturated rings. The number of carbonyl (C=O) groups excluding carboxylic acids is 2. The molecule has 4 heterocycles. The lowest BCUT2D eigenvalue weighted by molar-refractivity contribution is -0.176. The summed E-state index contributed by atoms with van der Waals surface area (Å²) in [5.74, 6) is 0.379. The highest BCUT2D eigenvalue weighted by Gasteiger charge is 2.48. The van der Waals surface area contributed by atoms with Crippen molar-refractivity contribution in [2.45, 2.75) is 57.7 Å². The molecule has 0 N–H and O–H groups in total. The third kappa shape index (κ3) is 5.40. The van der Waals surface area contributed by atoms with Crippen LogP contribution in [-0.2, 0) is 16.1 Å². The highest BCUT2D eigenvalue weighted by molar-refractivity contribution is 5.99. The summed E-state index contributed by atoms with van der Waals surface area (Å²) in [6, 6.07) is 12.2. The number of fused-ring (bicyclic) bond motifs is 1. The number of rotatable bonds is 7. The maximum Gasteiger partial charge on any atom is 0.527 e. The number of hydrogen-bond acceptors (Lipinski definition) is 10. The molecule has 0 bridgehead atoms. The van der Waals surface area contributed by atoms with Crippen LogP contribution in [0.25, 0.3) is 11.4 Å². The normalized spacial score (nSPS) is 20.9. The largest absolute Gasteiger partial charge is 0.527 e. The molecule has 2 unspecified atom stereocenters. The van der Waals surface area contributed by atoms with Gasteiger partial charge in [-0.05, 0) is 38.7 Å². The minimum atomic E-state index is -0.722. The molecule has 2 aliphatic heterocycles. The predicted octanol–water partition coefficient (Wildman–Crippen LogP) is 3.49. The van der Waals surface area contributed by atoms with Crippen LogP contribution in [0.1, 0.15) is 49.9 Å². The lowest BCUT2D eigenvalue weighted by Crippen LogP contribution is -2.63. The van der Waals surface area contributed by atoms with Gasteiger partial charge in [0.05, 0.1) is 24.5 Å². The standard InChI is InChI=1S/C28H32N6O5/c1-3-21-17-28(12-15-34(21)39-27(37)38-4-2)11-14-32-25(36)16-23(22-10-13-29-19-30-22)31-26(32)33(28)18-24(35)20-8-6-5-7-9-20/h5-10,13,16,19,21H,3-4,11-12,14-15,17-18H2,1-2H3. The number of benzene rings is 1. The van der Waals surface area contributed by atoms with Gasteiger partial charge in [0.25, 0.3) is 5.56 Å². The molecule has 11 heteroatoms. The number of hydroxylamine groups is 2. The Labute approximate surface area is 226 Å². The SMILES string of the molecule is CCOC(=O)ON1CCC2(CCn3c(nc(-c4ccncn4)cc3=O)N2CC(=O)c2ccccc2)CC1CC. The van der Waals surface area contributed by atoms with E-state index in [4.69, 9.17) is 14.6 Å². The monoisotopic (exact) mass is 532 g/mol. The Balaban J connectivity index is 1.54. The third-order valence-corrected chi connectivity index (χ3v) is 7.59. The number of hydrogen-bond donors (Lipinski definition) is 0. The average molecular weight is 533 g/mol. The van der Waals surface area contributed by atoms with Crippen LogP contribution in [0.4, 0.5) is 10.7 Å². The summed E-state index contributed by atoms with van der Waals surface area (Å²) in [5, 5.41) is 1.69. The number of Topliss-reactive ketones (excluding diaryl/α,β-unsaturated/α-hetero) is 1. The summed E-state index contributed by atoms with van der Waals surface area (Å²) >= 11 is 0. The molecule has 11 nitrogen and oxygen atoms in total. The Morgan fingerprint density at radius 2 is 1.87 bits per heavy atom. The molecule has 0 radical (unpaired) electrons. The van der Waals surface area contributed by atoms with Crippen molar-refractivity contribution in [2.24, 2.45) is 0 Å². The summed E-state index contributed by atoms with van der Waals surface area (Å²) in [4.78, 5) is 59.6. The van der Waals surface area contributed by atoms with Gasteiger partial charge in [-0.15, -0.1) is 5.06 Å². The van der Waals surface area contributed by atoms with Gasteiger partial charge in [-0.3, -0.25) is 14.2 Å². The molecular formula is C28H32N6O5. The first-order valence-corrected chi connectivity index (χ1v) is 13.3. The smallest absolute Gasteiger partial charge is 0.433 e. The third-order valence-electron chi connectivity index (χ3n) is 7.59. The minimum absolute atomic E-state index is 0.0544. The molecule has 1 spiro atoms. The Hall–Kier alpha value is -4.12. The summed E-state index contributed by atoms with van der Waals surface area (Å²) < 4.78 is 6.63. The van der Waals surface area contributed by atoms with Gasteiger partial charge in [-0.25, -0.2) is 19.7 Å². The summed E-state index contributed by atoms with van der Waals surface area (Å²) in [7, 11) is 0. The lowest BCUT2D eigenvalue weighted by atomic mass is 9.78. The molecule has 39 heavy (non-hydrogen) atoms. The van der Waals surface area contributed by atoms with Crippen LogP contribution in [0.15, 0.2) is 59.8 Å². The molecule has 2 atom stereocenters. The number of piperidine rings is 1.